The molecule has 0 heterocycles. The Hall–Kier alpha value is -2.99. The summed E-state index contributed by atoms with van der Waals surface area (Å²) in [7, 11) is 0. The van der Waals surface area contributed by atoms with Crippen LogP contribution in [-0.2, 0) is 25.1 Å². The summed E-state index contributed by atoms with van der Waals surface area (Å²) in [6.45, 7) is 8.95. The van der Waals surface area contributed by atoms with Crippen molar-refractivity contribution < 1.29 is 29.0 Å². The van der Waals surface area contributed by atoms with Gasteiger partial charge in [0.05, 0.1) is 24.3 Å². The molecular formula is C34H42O6. The second kappa shape index (κ2) is 10.4. The summed E-state index contributed by atoms with van der Waals surface area (Å²) >= 11 is 0. The van der Waals surface area contributed by atoms with E-state index in [9.17, 15) is 14.4 Å². The van der Waals surface area contributed by atoms with Crippen molar-refractivity contribution in [2.24, 2.45) is 10.8 Å². The van der Waals surface area contributed by atoms with Crippen molar-refractivity contribution in [1.29, 1.82) is 0 Å². The lowest BCUT2D eigenvalue weighted by atomic mass is 9.32. The molecule has 40 heavy (non-hydrogen) atoms. The lowest BCUT2D eigenvalue weighted by Gasteiger charge is -2.72. The highest BCUT2D eigenvalue weighted by atomic mass is 16.5. The number of rotatable bonds is 10. The first-order valence-corrected chi connectivity index (χ1v) is 14.7. The van der Waals surface area contributed by atoms with Crippen LogP contribution >= 0.6 is 0 Å². The molecule has 1 N–H and O–H groups in total. The molecule has 6 nitrogen and oxygen atoms in total. The predicted octanol–water partition coefficient (Wildman–Crippen LogP) is 6.16. The van der Waals surface area contributed by atoms with Gasteiger partial charge < -0.3 is 19.4 Å². The van der Waals surface area contributed by atoms with Crippen LogP contribution in [0.2, 0.25) is 0 Å². The molecular weight excluding hydrogens is 504 g/mol. The summed E-state index contributed by atoms with van der Waals surface area (Å²) < 4.78 is 10.2. The number of carbonyl (C=O) groups is 3. The molecule has 0 radical (unpaired) electrons. The van der Waals surface area contributed by atoms with E-state index in [1.54, 1.807) is 0 Å². The van der Waals surface area contributed by atoms with Crippen molar-refractivity contribution in [2.75, 3.05) is 19.8 Å². The number of hydrogen-bond donors (Lipinski definition) is 1. The van der Waals surface area contributed by atoms with Gasteiger partial charge in [-0.2, -0.15) is 0 Å². The van der Waals surface area contributed by atoms with E-state index in [0.717, 1.165) is 51.2 Å². The number of aryl methyl sites for hydroxylation is 2. The summed E-state index contributed by atoms with van der Waals surface area (Å²) in [6, 6.07) is 11.7. The van der Waals surface area contributed by atoms with E-state index in [1.807, 2.05) is 50.2 Å². The number of aldehydes is 1. The van der Waals surface area contributed by atoms with Crippen LogP contribution < -0.4 is 0 Å². The SMILES string of the molecule is CCOC(=O)c1ccc(C)c(C23CC(CC=O)(C2)C3)c1.CCOC(=O)c1ccc(C)c(C23CC(CCO)(C2)C3)c1. The van der Waals surface area contributed by atoms with Crippen LogP contribution in [0.5, 0.6) is 0 Å². The molecule has 6 aliphatic carbocycles. The van der Waals surface area contributed by atoms with Gasteiger partial charge in [-0.1, -0.05) is 12.1 Å². The Kier molecular flexibility index (Phi) is 7.45. The molecule has 2 aromatic carbocycles. The van der Waals surface area contributed by atoms with Crippen LogP contribution in [0.4, 0.5) is 0 Å². The zero-order chi connectivity index (χ0) is 28.8. The lowest BCUT2D eigenvalue weighted by molar-refractivity contribution is -0.152. The maximum absolute atomic E-state index is 11.9. The van der Waals surface area contributed by atoms with Crippen LogP contribution in [-0.4, -0.2) is 43.2 Å². The molecule has 6 fully saturated rings. The van der Waals surface area contributed by atoms with Gasteiger partial charge in [0.2, 0.25) is 0 Å². The van der Waals surface area contributed by atoms with Gasteiger partial charge in [0.1, 0.15) is 6.29 Å². The van der Waals surface area contributed by atoms with Gasteiger partial charge in [-0.15, -0.1) is 0 Å². The molecule has 6 aliphatic rings. The second-order valence-electron chi connectivity index (χ2n) is 13.0. The van der Waals surface area contributed by atoms with E-state index in [2.05, 4.69) is 13.8 Å². The Labute approximate surface area is 237 Å². The molecule has 6 heteroatoms. The third-order valence-corrected chi connectivity index (χ3v) is 10.1. The molecule has 4 bridgehead atoms. The molecule has 0 aromatic heterocycles. The molecule has 0 saturated heterocycles. The van der Waals surface area contributed by atoms with Crippen LogP contribution in [0.25, 0.3) is 0 Å². The van der Waals surface area contributed by atoms with Gasteiger partial charge in [0.15, 0.2) is 0 Å². The van der Waals surface area contributed by atoms with Gasteiger partial charge in [-0.05, 0) is 141 Å². The van der Waals surface area contributed by atoms with Crippen molar-refractivity contribution in [3.05, 3.63) is 69.8 Å². The molecule has 0 atom stereocenters. The average molecular weight is 547 g/mol. The maximum Gasteiger partial charge on any atom is 0.338 e. The molecule has 0 unspecified atom stereocenters. The van der Waals surface area contributed by atoms with Crippen molar-refractivity contribution in [2.45, 2.75) is 89.9 Å². The number of benzene rings is 2. The van der Waals surface area contributed by atoms with Crippen LogP contribution in [0.15, 0.2) is 36.4 Å². The topological polar surface area (TPSA) is 89.9 Å². The van der Waals surface area contributed by atoms with Gasteiger partial charge in [-0.3, -0.25) is 0 Å². The minimum Gasteiger partial charge on any atom is -0.462 e. The van der Waals surface area contributed by atoms with Crippen LogP contribution in [0.1, 0.15) is 108 Å². The monoisotopic (exact) mass is 546 g/mol. The zero-order valence-corrected chi connectivity index (χ0v) is 24.3. The van der Waals surface area contributed by atoms with Gasteiger partial charge in [-0.25, -0.2) is 9.59 Å². The minimum atomic E-state index is -0.247. The highest BCUT2D eigenvalue weighted by Gasteiger charge is 2.68. The number of aliphatic hydroxyl groups excluding tert-OH is 1. The first-order valence-electron chi connectivity index (χ1n) is 14.7. The third kappa shape index (κ3) is 4.68. The first kappa shape index (κ1) is 28.5. The Bertz CT molecular complexity index is 1280. The zero-order valence-electron chi connectivity index (χ0n) is 24.3. The highest BCUT2D eigenvalue weighted by Crippen LogP contribution is 2.76. The third-order valence-electron chi connectivity index (χ3n) is 10.1. The fourth-order valence-corrected chi connectivity index (χ4v) is 8.53. The van der Waals surface area contributed by atoms with E-state index in [-0.39, 0.29) is 34.8 Å². The molecule has 0 spiro atoms. The second-order valence-corrected chi connectivity index (χ2v) is 13.0. The Morgan fingerprint density at radius 3 is 1.57 bits per heavy atom. The molecule has 0 aliphatic heterocycles. The molecule has 2 aromatic rings. The van der Waals surface area contributed by atoms with Gasteiger partial charge in [0, 0.05) is 13.0 Å². The van der Waals surface area contributed by atoms with Crippen molar-refractivity contribution >= 4 is 18.2 Å². The summed E-state index contributed by atoms with van der Waals surface area (Å²) in [5.74, 6) is -0.478. The number of hydrogen-bond acceptors (Lipinski definition) is 6. The van der Waals surface area contributed by atoms with E-state index in [1.165, 1.54) is 22.3 Å². The molecule has 214 valence electrons. The van der Waals surface area contributed by atoms with E-state index < -0.39 is 0 Å². The molecule has 8 rings (SSSR count). The van der Waals surface area contributed by atoms with Gasteiger partial charge in [0.25, 0.3) is 0 Å². The highest BCUT2D eigenvalue weighted by molar-refractivity contribution is 5.90. The van der Waals surface area contributed by atoms with Crippen molar-refractivity contribution in [1.82, 2.24) is 0 Å². The molecule has 0 amide bonds. The summed E-state index contributed by atoms with van der Waals surface area (Å²) in [5, 5.41) is 9.12. The first-order chi connectivity index (χ1) is 19.1. The summed E-state index contributed by atoms with van der Waals surface area (Å²) in [6.07, 6.45) is 9.40. The minimum absolute atomic E-state index is 0.218. The Balaban J connectivity index is 0.000000161. The van der Waals surface area contributed by atoms with E-state index in [4.69, 9.17) is 14.6 Å². The lowest BCUT2D eigenvalue weighted by Crippen LogP contribution is -2.64. The van der Waals surface area contributed by atoms with Crippen molar-refractivity contribution in [3.8, 4) is 0 Å². The standard InChI is InChI=1S/C17H22O3.C17H20O3/c2*1-3-20-15(19)13-5-4-12(2)14(8-13)17-9-16(10-17,11-17)6-7-18/h4-5,8,18H,3,6-7,9-11H2,1-2H3;4-5,7-8H,3,6,9-11H2,1-2H3. The quantitative estimate of drug-likeness (QED) is 0.284. The fourth-order valence-electron chi connectivity index (χ4n) is 8.53. The van der Waals surface area contributed by atoms with E-state index >= 15 is 0 Å². The Morgan fingerprint density at radius 2 is 1.20 bits per heavy atom. The predicted molar refractivity (Wildman–Crippen MR) is 153 cm³/mol. The average Bonchev–Trinajstić information content (AvgIpc) is 2.84. The van der Waals surface area contributed by atoms with Crippen LogP contribution in [0, 0.1) is 24.7 Å². The smallest absolute Gasteiger partial charge is 0.338 e. The summed E-state index contributed by atoms with van der Waals surface area (Å²) in [4.78, 5) is 34.4. The van der Waals surface area contributed by atoms with Crippen LogP contribution in [0.3, 0.4) is 0 Å². The number of esters is 2. The fraction of sp³-hybridized carbons (Fsp3) is 0.559. The van der Waals surface area contributed by atoms with Gasteiger partial charge >= 0.3 is 11.9 Å². The summed E-state index contributed by atoms with van der Waals surface area (Å²) in [5.41, 5.74) is 7.52. The Morgan fingerprint density at radius 1 is 0.775 bits per heavy atom. The van der Waals surface area contributed by atoms with E-state index in [0.29, 0.717) is 36.2 Å². The number of ether oxygens (including phenoxy) is 2. The number of aliphatic hydroxyl groups is 1. The normalized spacial score (nSPS) is 30.2. The van der Waals surface area contributed by atoms with Crippen molar-refractivity contribution in [3.63, 3.8) is 0 Å². The largest absolute Gasteiger partial charge is 0.462 e. The number of carbonyl (C=O) groups excluding carboxylic acids is 3. The maximum atomic E-state index is 11.9. The molecule has 6 saturated carbocycles.